The summed E-state index contributed by atoms with van der Waals surface area (Å²) in [4.78, 5) is 23.1. The van der Waals surface area contributed by atoms with Crippen LogP contribution in [-0.4, -0.2) is 23.7 Å². The van der Waals surface area contributed by atoms with Crippen LogP contribution >= 0.6 is 0 Å². The minimum atomic E-state index is -0.917. The van der Waals surface area contributed by atoms with E-state index in [1.54, 1.807) is 0 Å². The first-order chi connectivity index (χ1) is 19.6. The molecule has 0 amide bonds. The summed E-state index contributed by atoms with van der Waals surface area (Å²) in [5, 5.41) is 9.05. The standard InChI is InChI=1S/C36H68O4/c1-3-5-6-7-8-9-10-11-12-13-14-15-16-17-18-19-20-21-22-23-24-25-26-27-28-29-30-31-34(33-35(37)38)36(39)40-32-4-2/h18-19,34H,3-17,20-33H2,1-2H3,(H,37,38)/b19-18+. The average Bonchev–Trinajstić information content (AvgIpc) is 2.94. The van der Waals surface area contributed by atoms with Gasteiger partial charge in [-0.15, -0.1) is 0 Å². The van der Waals surface area contributed by atoms with Gasteiger partial charge in [0.1, 0.15) is 0 Å². The number of rotatable bonds is 32. The van der Waals surface area contributed by atoms with E-state index in [0.29, 0.717) is 13.0 Å². The lowest BCUT2D eigenvalue weighted by Crippen LogP contribution is -2.21. The molecule has 0 saturated carbocycles. The third-order valence-corrected chi connectivity index (χ3v) is 8.02. The van der Waals surface area contributed by atoms with Crippen molar-refractivity contribution in [1.82, 2.24) is 0 Å². The Hall–Kier alpha value is -1.32. The normalized spacial score (nSPS) is 12.2. The molecular formula is C36H68O4. The summed E-state index contributed by atoms with van der Waals surface area (Å²) in [7, 11) is 0. The van der Waals surface area contributed by atoms with Gasteiger partial charge in [0.15, 0.2) is 0 Å². The van der Waals surface area contributed by atoms with Gasteiger partial charge in [0.2, 0.25) is 0 Å². The molecule has 4 heteroatoms. The Kier molecular flexibility index (Phi) is 31.1. The maximum Gasteiger partial charge on any atom is 0.309 e. The number of esters is 1. The molecule has 0 aromatic carbocycles. The van der Waals surface area contributed by atoms with Crippen LogP contribution in [0, 0.1) is 5.92 Å². The number of carbonyl (C=O) groups is 2. The minimum Gasteiger partial charge on any atom is -0.481 e. The van der Waals surface area contributed by atoms with Crippen LogP contribution < -0.4 is 0 Å². The van der Waals surface area contributed by atoms with Crippen molar-refractivity contribution < 1.29 is 19.4 Å². The first-order valence-corrected chi connectivity index (χ1v) is 17.6. The lowest BCUT2D eigenvalue weighted by molar-refractivity contribution is -0.153. The summed E-state index contributed by atoms with van der Waals surface area (Å²) in [6.45, 7) is 4.61. The van der Waals surface area contributed by atoms with Gasteiger partial charge in [-0.1, -0.05) is 161 Å². The fourth-order valence-electron chi connectivity index (χ4n) is 5.42. The van der Waals surface area contributed by atoms with E-state index in [0.717, 1.165) is 19.3 Å². The Morgan fingerprint density at radius 3 is 1.30 bits per heavy atom. The van der Waals surface area contributed by atoms with E-state index in [2.05, 4.69) is 19.1 Å². The molecule has 1 unspecified atom stereocenters. The Bertz CT molecular complexity index is 571. The van der Waals surface area contributed by atoms with Crippen LogP contribution in [0.3, 0.4) is 0 Å². The van der Waals surface area contributed by atoms with E-state index in [1.807, 2.05) is 6.92 Å². The molecule has 0 radical (unpaired) electrons. The topological polar surface area (TPSA) is 63.6 Å². The molecule has 0 aromatic heterocycles. The van der Waals surface area contributed by atoms with E-state index < -0.39 is 11.9 Å². The molecular weight excluding hydrogens is 496 g/mol. The molecule has 0 aliphatic rings. The number of allylic oxidation sites excluding steroid dienone is 2. The third-order valence-electron chi connectivity index (χ3n) is 8.02. The van der Waals surface area contributed by atoms with Crippen LogP contribution in [0.25, 0.3) is 0 Å². The summed E-state index contributed by atoms with van der Waals surface area (Å²) in [5.41, 5.74) is 0. The van der Waals surface area contributed by atoms with Gasteiger partial charge in [0.25, 0.3) is 0 Å². The fraction of sp³-hybridized carbons (Fsp3) is 0.889. The van der Waals surface area contributed by atoms with Crippen molar-refractivity contribution >= 4 is 11.9 Å². The van der Waals surface area contributed by atoms with Gasteiger partial charge < -0.3 is 9.84 Å². The van der Waals surface area contributed by atoms with Crippen molar-refractivity contribution in [2.24, 2.45) is 5.92 Å². The smallest absolute Gasteiger partial charge is 0.309 e. The Morgan fingerprint density at radius 1 is 0.550 bits per heavy atom. The van der Waals surface area contributed by atoms with E-state index >= 15 is 0 Å². The number of carboxylic acids is 1. The number of hydrogen-bond donors (Lipinski definition) is 1. The summed E-state index contributed by atoms with van der Waals surface area (Å²) < 4.78 is 5.16. The summed E-state index contributed by atoms with van der Waals surface area (Å²) in [6, 6.07) is 0. The number of aliphatic carboxylic acids is 1. The van der Waals surface area contributed by atoms with E-state index in [4.69, 9.17) is 9.84 Å². The molecule has 4 nitrogen and oxygen atoms in total. The zero-order valence-corrected chi connectivity index (χ0v) is 26.9. The zero-order chi connectivity index (χ0) is 29.4. The molecule has 1 atom stereocenters. The quantitative estimate of drug-likeness (QED) is 0.0501. The Morgan fingerprint density at radius 2 is 0.925 bits per heavy atom. The van der Waals surface area contributed by atoms with Crippen molar-refractivity contribution in [3.05, 3.63) is 12.2 Å². The molecule has 0 spiro atoms. The zero-order valence-electron chi connectivity index (χ0n) is 26.9. The molecule has 0 fully saturated rings. The second-order valence-electron chi connectivity index (χ2n) is 12.1. The molecule has 0 saturated heterocycles. The van der Waals surface area contributed by atoms with Gasteiger partial charge in [-0.2, -0.15) is 0 Å². The van der Waals surface area contributed by atoms with Crippen LogP contribution in [0.5, 0.6) is 0 Å². The lowest BCUT2D eigenvalue weighted by atomic mass is 9.97. The lowest BCUT2D eigenvalue weighted by Gasteiger charge is -2.13. The first kappa shape index (κ1) is 38.7. The SMILES string of the molecule is CCCCCCCCCCCCCCC/C=C/CCCCCCCCCCCCC(CC(=O)O)C(=O)OCCC. The molecule has 0 aromatic rings. The second-order valence-corrected chi connectivity index (χ2v) is 12.1. The van der Waals surface area contributed by atoms with Gasteiger partial charge in [-0.05, 0) is 38.5 Å². The van der Waals surface area contributed by atoms with Gasteiger partial charge in [0.05, 0.1) is 18.9 Å². The van der Waals surface area contributed by atoms with Gasteiger partial charge in [-0.3, -0.25) is 9.59 Å². The predicted octanol–water partition coefficient (Wildman–Crippen LogP) is 11.7. The number of unbranched alkanes of at least 4 members (excludes halogenated alkanes) is 23. The Labute approximate surface area is 249 Å². The van der Waals surface area contributed by atoms with Crippen molar-refractivity contribution in [3.8, 4) is 0 Å². The molecule has 0 bridgehead atoms. The maximum absolute atomic E-state index is 12.0. The molecule has 0 rings (SSSR count). The van der Waals surface area contributed by atoms with Gasteiger partial charge >= 0.3 is 11.9 Å². The van der Waals surface area contributed by atoms with Crippen LogP contribution in [0.4, 0.5) is 0 Å². The van der Waals surface area contributed by atoms with Gasteiger partial charge in [-0.25, -0.2) is 0 Å². The van der Waals surface area contributed by atoms with Crippen LogP contribution in [0.1, 0.15) is 194 Å². The highest BCUT2D eigenvalue weighted by Gasteiger charge is 2.22. The number of carboxylic acid groups (broad SMARTS) is 1. The maximum atomic E-state index is 12.0. The number of carbonyl (C=O) groups excluding carboxylic acids is 1. The largest absolute Gasteiger partial charge is 0.481 e. The second kappa shape index (κ2) is 32.2. The van der Waals surface area contributed by atoms with Crippen LogP contribution in [0.2, 0.25) is 0 Å². The van der Waals surface area contributed by atoms with Crippen molar-refractivity contribution in [1.29, 1.82) is 0 Å². The minimum absolute atomic E-state index is 0.113. The summed E-state index contributed by atoms with van der Waals surface area (Å²) in [5.74, 6) is -1.74. The number of hydrogen-bond acceptors (Lipinski definition) is 3. The predicted molar refractivity (Wildman–Crippen MR) is 172 cm³/mol. The molecule has 0 heterocycles. The Balaban J connectivity index is 3.35. The molecule has 40 heavy (non-hydrogen) atoms. The van der Waals surface area contributed by atoms with Crippen LogP contribution in [-0.2, 0) is 14.3 Å². The highest BCUT2D eigenvalue weighted by molar-refractivity contribution is 5.79. The van der Waals surface area contributed by atoms with Crippen LogP contribution in [0.15, 0.2) is 12.2 Å². The molecule has 236 valence electrons. The highest BCUT2D eigenvalue weighted by Crippen LogP contribution is 2.18. The van der Waals surface area contributed by atoms with Crippen molar-refractivity contribution in [3.63, 3.8) is 0 Å². The molecule has 0 aliphatic carbocycles. The number of ether oxygens (including phenoxy) is 1. The average molecular weight is 565 g/mol. The fourth-order valence-corrected chi connectivity index (χ4v) is 5.42. The van der Waals surface area contributed by atoms with Crippen molar-refractivity contribution in [2.75, 3.05) is 6.61 Å². The third kappa shape index (κ3) is 29.7. The monoisotopic (exact) mass is 565 g/mol. The summed E-state index contributed by atoms with van der Waals surface area (Å²) >= 11 is 0. The molecule has 1 N–H and O–H groups in total. The van der Waals surface area contributed by atoms with Crippen molar-refractivity contribution in [2.45, 2.75) is 194 Å². The van der Waals surface area contributed by atoms with E-state index in [1.165, 1.54) is 148 Å². The highest BCUT2D eigenvalue weighted by atomic mass is 16.5. The van der Waals surface area contributed by atoms with E-state index in [9.17, 15) is 9.59 Å². The first-order valence-electron chi connectivity index (χ1n) is 17.6. The van der Waals surface area contributed by atoms with Gasteiger partial charge in [0, 0.05) is 0 Å². The van der Waals surface area contributed by atoms with E-state index in [-0.39, 0.29) is 12.4 Å². The molecule has 0 aliphatic heterocycles. The summed E-state index contributed by atoms with van der Waals surface area (Å²) in [6.07, 6.45) is 39.5.